The number of anilines is 1. The molecule has 1 aromatic rings. The van der Waals surface area contributed by atoms with Gasteiger partial charge in [0.25, 0.3) is 0 Å². The highest BCUT2D eigenvalue weighted by Crippen LogP contribution is 2.25. The lowest BCUT2D eigenvalue weighted by Crippen LogP contribution is -2.54. The molecule has 2 aliphatic rings. The molecule has 0 saturated carbocycles. The smallest absolute Gasteiger partial charge is 0.207 e. The number of aromatic amines is 1. The van der Waals surface area contributed by atoms with Crippen molar-refractivity contribution in [2.45, 2.75) is 25.3 Å². The lowest BCUT2D eigenvalue weighted by molar-refractivity contribution is 0.133. The van der Waals surface area contributed by atoms with Gasteiger partial charge in [0.1, 0.15) is 0 Å². The zero-order chi connectivity index (χ0) is 11.0. The van der Waals surface area contributed by atoms with Crippen LogP contribution in [0.15, 0.2) is 0 Å². The molecule has 1 unspecified atom stereocenters. The molecule has 0 radical (unpaired) electrons. The van der Waals surface area contributed by atoms with E-state index in [2.05, 4.69) is 20.0 Å². The maximum atomic E-state index is 5.08. The third-order valence-corrected chi connectivity index (χ3v) is 4.68. The summed E-state index contributed by atoms with van der Waals surface area (Å²) in [5, 5.41) is 8.20. The minimum atomic E-state index is 0.736. The molecular formula is C10H16N4S2. The Morgan fingerprint density at radius 1 is 1.31 bits per heavy atom. The quantitative estimate of drug-likeness (QED) is 0.778. The fourth-order valence-electron chi connectivity index (χ4n) is 2.69. The summed E-state index contributed by atoms with van der Waals surface area (Å²) in [5.41, 5.74) is 0. The molecule has 2 aliphatic heterocycles. The highest BCUT2D eigenvalue weighted by Gasteiger charge is 2.29. The first kappa shape index (κ1) is 10.7. The highest BCUT2D eigenvalue weighted by atomic mass is 32.1. The third kappa shape index (κ3) is 2.01. The second-order valence-electron chi connectivity index (χ2n) is 4.53. The van der Waals surface area contributed by atoms with Gasteiger partial charge in [0, 0.05) is 25.7 Å². The minimum Gasteiger partial charge on any atom is -0.344 e. The second kappa shape index (κ2) is 4.43. The first-order valence-electron chi connectivity index (χ1n) is 5.87. The Kier molecular flexibility index (Phi) is 2.95. The van der Waals surface area contributed by atoms with Crippen molar-refractivity contribution in [3.63, 3.8) is 0 Å². The summed E-state index contributed by atoms with van der Waals surface area (Å²) < 4.78 is 0.779. The van der Waals surface area contributed by atoms with E-state index in [0.717, 1.165) is 28.2 Å². The predicted octanol–water partition coefficient (Wildman–Crippen LogP) is 1.88. The van der Waals surface area contributed by atoms with Crippen LogP contribution in [0.25, 0.3) is 0 Å². The van der Waals surface area contributed by atoms with Crippen molar-refractivity contribution in [2.24, 2.45) is 0 Å². The summed E-state index contributed by atoms with van der Waals surface area (Å²) in [6.45, 7) is 4.68. The molecule has 0 spiro atoms. The van der Waals surface area contributed by atoms with Crippen LogP contribution in [0.3, 0.4) is 0 Å². The summed E-state index contributed by atoms with van der Waals surface area (Å²) in [7, 11) is 0. The predicted molar refractivity (Wildman–Crippen MR) is 68.7 cm³/mol. The molecule has 0 bridgehead atoms. The van der Waals surface area contributed by atoms with Crippen LogP contribution in [-0.2, 0) is 0 Å². The molecule has 0 aliphatic carbocycles. The van der Waals surface area contributed by atoms with Gasteiger partial charge in [-0.15, -0.1) is 5.10 Å². The number of rotatable bonds is 1. The van der Waals surface area contributed by atoms with E-state index < -0.39 is 0 Å². The molecule has 0 aromatic carbocycles. The number of hydrogen-bond acceptors (Lipinski definition) is 5. The molecule has 2 fully saturated rings. The zero-order valence-corrected chi connectivity index (χ0v) is 10.8. The largest absolute Gasteiger partial charge is 0.344 e. The average Bonchev–Trinajstić information content (AvgIpc) is 2.75. The summed E-state index contributed by atoms with van der Waals surface area (Å²) >= 11 is 6.67. The number of hydrogen-bond donors (Lipinski definition) is 1. The van der Waals surface area contributed by atoms with E-state index in [1.54, 1.807) is 11.3 Å². The lowest BCUT2D eigenvalue weighted by atomic mass is 10.00. The third-order valence-electron chi connectivity index (χ3n) is 3.53. The van der Waals surface area contributed by atoms with Crippen LogP contribution in [-0.4, -0.2) is 47.3 Å². The molecule has 1 N–H and O–H groups in total. The number of H-pyrrole nitrogens is 1. The zero-order valence-electron chi connectivity index (χ0n) is 9.19. The Hall–Kier alpha value is -0.460. The molecule has 6 heteroatoms. The van der Waals surface area contributed by atoms with Crippen LogP contribution < -0.4 is 4.90 Å². The normalized spacial score (nSPS) is 26.8. The Balaban J connectivity index is 1.73. The van der Waals surface area contributed by atoms with Gasteiger partial charge in [0.15, 0.2) is 3.95 Å². The van der Waals surface area contributed by atoms with Gasteiger partial charge in [0.05, 0.1) is 0 Å². The first-order valence-corrected chi connectivity index (χ1v) is 7.10. The van der Waals surface area contributed by atoms with Gasteiger partial charge in [-0.05, 0) is 31.6 Å². The molecular weight excluding hydrogens is 240 g/mol. The Labute approximate surface area is 104 Å². The Morgan fingerprint density at radius 2 is 2.25 bits per heavy atom. The molecule has 3 rings (SSSR count). The molecule has 2 saturated heterocycles. The maximum Gasteiger partial charge on any atom is 0.207 e. The molecule has 0 amide bonds. The van der Waals surface area contributed by atoms with E-state index in [1.807, 2.05) is 0 Å². The van der Waals surface area contributed by atoms with Gasteiger partial charge >= 0.3 is 0 Å². The van der Waals surface area contributed by atoms with Crippen molar-refractivity contribution in [2.75, 3.05) is 31.1 Å². The minimum absolute atomic E-state index is 0.736. The fourth-order valence-corrected chi connectivity index (χ4v) is 3.60. The van der Waals surface area contributed by atoms with Crippen LogP contribution in [0, 0.1) is 3.95 Å². The fraction of sp³-hybridized carbons (Fsp3) is 0.800. The Bertz CT molecular complexity index is 413. The van der Waals surface area contributed by atoms with Crippen LogP contribution >= 0.6 is 23.6 Å². The van der Waals surface area contributed by atoms with E-state index >= 15 is 0 Å². The van der Waals surface area contributed by atoms with Gasteiger partial charge in [-0.25, -0.2) is 0 Å². The van der Waals surface area contributed by atoms with Crippen LogP contribution in [0.4, 0.5) is 5.13 Å². The van der Waals surface area contributed by atoms with Gasteiger partial charge in [-0.2, -0.15) is 0 Å². The number of fused-ring (bicyclic) bond motifs is 1. The van der Waals surface area contributed by atoms with Gasteiger partial charge in [-0.3, -0.25) is 10.00 Å². The van der Waals surface area contributed by atoms with Crippen molar-refractivity contribution in [1.82, 2.24) is 15.1 Å². The van der Waals surface area contributed by atoms with E-state index in [0.29, 0.717) is 0 Å². The summed E-state index contributed by atoms with van der Waals surface area (Å²) in [6.07, 6.45) is 4.09. The van der Waals surface area contributed by atoms with Crippen LogP contribution in [0.5, 0.6) is 0 Å². The molecule has 1 atom stereocenters. The van der Waals surface area contributed by atoms with Crippen LogP contribution in [0.1, 0.15) is 19.3 Å². The van der Waals surface area contributed by atoms with E-state index in [9.17, 15) is 0 Å². The van der Waals surface area contributed by atoms with Crippen molar-refractivity contribution in [3.8, 4) is 0 Å². The number of nitrogens with zero attached hydrogens (tertiary/aromatic N) is 3. The van der Waals surface area contributed by atoms with Crippen molar-refractivity contribution < 1.29 is 0 Å². The topological polar surface area (TPSA) is 35.2 Å². The van der Waals surface area contributed by atoms with Gasteiger partial charge in [0.2, 0.25) is 5.13 Å². The van der Waals surface area contributed by atoms with Crippen molar-refractivity contribution in [3.05, 3.63) is 3.95 Å². The summed E-state index contributed by atoms with van der Waals surface area (Å²) in [5.74, 6) is 0. The second-order valence-corrected chi connectivity index (χ2v) is 6.17. The summed E-state index contributed by atoms with van der Waals surface area (Å²) in [6, 6.07) is 0.736. The SMILES string of the molecule is S=c1[nH]nc(N2CCN3CCCCC3C2)s1. The van der Waals surface area contributed by atoms with E-state index in [4.69, 9.17) is 12.2 Å². The number of nitrogens with one attached hydrogen (secondary N) is 1. The maximum absolute atomic E-state index is 5.08. The van der Waals surface area contributed by atoms with Crippen molar-refractivity contribution >= 4 is 28.7 Å². The first-order chi connectivity index (χ1) is 7.83. The highest BCUT2D eigenvalue weighted by molar-refractivity contribution is 7.73. The number of piperazine rings is 1. The monoisotopic (exact) mass is 256 g/mol. The molecule has 1 aromatic heterocycles. The Morgan fingerprint density at radius 3 is 3.06 bits per heavy atom. The van der Waals surface area contributed by atoms with Crippen LogP contribution in [0.2, 0.25) is 0 Å². The lowest BCUT2D eigenvalue weighted by Gasteiger charge is -2.43. The van der Waals surface area contributed by atoms with Gasteiger partial charge < -0.3 is 4.90 Å². The number of aromatic nitrogens is 2. The van der Waals surface area contributed by atoms with Crippen molar-refractivity contribution in [1.29, 1.82) is 0 Å². The standard InChI is InChI=1S/C10H16N4S2/c15-10-12-11-9(16-10)14-6-5-13-4-2-1-3-8(13)7-14/h8H,1-7H2,(H,12,15). The van der Waals surface area contributed by atoms with E-state index in [-0.39, 0.29) is 0 Å². The average molecular weight is 256 g/mol. The van der Waals surface area contributed by atoms with E-state index in [1.165, 1.54) is 32.4 Å². The molecule has 88 valence electrons. The molecule has 4 nitrogen and oxygen atoms in total. The molecule has 3 heterocycles. The molecule has 16 heavy (non-hydrogen) atoms. The summed E-state index contributed by atoms with van der Waals surface area (Å²) in [4.78, 5) is 5.01. The van der Waals surface area contributed by atoms with Gasteiger partial charge in [-0.1, -0.05) is 17.8 Å². The number of piperidine rings is 1.